The van der Waals surface area contributed by atoms with E-state index in [0.29, 0.717) is 22.9 Å². The highest BCUT2D eigenvalue weighted by atomic mass is 35.5. The van der Waals surface area contributed by atoms with Gasteiger partial charge >= 0.3 is 0 Å². The fourth-order valence-electron chi connectivity index (χ4n) is 2.58. The van der Waals surface area contributed by atoms with Gasteiger partial charge in [-0.05, 0) is 18.2 Å². The highest BCUT2D eigenvalue weighted by Crippen LogP contribution is 2.23. The van der Waals surface area contributed by atoms with Gasteiger partial charge in [0, 0.05) is 36.8 Å². The molecule has 1 amide bonds. The molecule has 3 rings (SSSR count). The lowest BCUT2D eigenvalue weighted by atomic mass is 10.1. The number of nitrogens with one attached hydrogen (secondary N) is 1. The van der Waals surface area contributed by atoms with Crippen molar-refractivity contribution in [2.45, 2.75) is 6.61 Å². The molecule has 0 radical (unpaired) electrons. The molecule has 0 aliphatic carbocycles. The van der Waals surface area contributed by atoms with E-state index in [-0.39, 0.29) is 5.91 Å². The summed E-state index contributed by atoms with van der Waals surface area (Å²) in [7, 11) is 0. The summed E-state index contributed by atoms with van der Waals surface area (Å²) in [5.74, 6) is 0.609. The Hall–Kier alpha value is -2.04. The SMILES string of the molecule is O=C(c1ccccc1OCc1ccccc1Cl)N1CCNCC1. The second-order valence-corrected chi connectivity index (χ2v) is 5.83. The van der Waals surface area contributed by atoms with Crippen molar-refractivity contribution in [3.63, 3.8) is 0 Å². The number of halogens is 1. The average Bonchev–Trinajstić information content (AvgIpc) is 2.61. The Bertz CT molecular complexity index is 684. The normalized spacial score (nSPS) is 14.6. The molecule has 1 aliphatic rings. The fourth-order valence-corrected chi connectivity index (χ4v) is 2.77. The van der Waals surface area contributed by atoms with Crippen LogP contribution >= 0.6 is 11.6 Å². The Labute approximate surface area is 141 Å². The molecular formula is C18H19ClN2O2. The lowest BCUT2D eigenvalue weighted by Crippen LogP contribution is -2.46. The van der Waals surface area contributed by atoms with Crippen LogP contribution in [0.3, 0.4) is 0 Å². The Balaban J connectivity index is 1.75. The molecule has 1 N–H and O–H groups in total. The molecule has 1 aliphatic heterocycles. The van der Waals surface area contributed by atoms with Gasteiger partial charge in [-0.15, -0.1) is 0 Å². The summed E-state index contributed by atoms with van der Waals surface area (Å²) in [4.78, 5) is 14.5. The van der Waals surface area contributed by atoms with E-state index in [2.05, 4.69) is 5.32 Å². The van der Waals surface area contributed by atoms with Crippen molar-refractivity contribution in [2.24, 2.45) is 0 Å². The third kappa shape index (κ3) is 3.84. The van der Waals surface area contributed by atoms with Gasteiger partial charge in [-0.1, -0.05) is 41.9 Å². The molecule has 1 heterocycles. The van der Waals surface area contributed by atoms with Crippen LogP contribution in [0.4, 0.5) is 0 Å². The number of rotatable bonds is 4. The zero-order chi connectivity index (χ0) is 16.1. The van der Waals surface area contributed by atoms with Gasteiger partial charge < -0.3 is 15.0 Å². The molecule has 0 saturated carbocycles. The monoisotopic (exact) mass is 330 g/mol. The van der Waals surface area contributed by atoms with Gasteiger partial charge in [0.25, 0.3) is 5.91 Å². The number of piperazine rings is 1. The molecule has 1 saturated heterocycles. The van der Waals surface area contributed by atoms with Crippen LogP contribution in [0.5, 0.6) is 5.75 Å². The Kier molecular flexibility index (Phi) is 5.16. The van der Waals surface area contributed by atoms with Gasteiger partial charge in [-0.25, -0.2) is 0 Å². The molecule has 23 heavy (non-hydrogen) atoms. The minimum atomic E-state index is 0.0151. The molecule has 0 atom stereocenters. The Morgan fingerprint density at radius 3 is 2.57 bits per heavy atom. The molecule has 2 aromatic rings. The van der Waals surface area contributed by atoms with Gasteiger partial charge in [0.1, 0.15) is 12.4 Å². The summed E-state index contributed by atoms with van der Waals surface area (Å²) in [5, 5.41) is 3.91. The maximum atomic E-state index is 12.7. The third-order valence-electron chi connectivity index (χ3n) is 3.86. The van der Waals surface area contributed by atoms with Crippen LogP contribution in [0.1, 0.15) is 15.9 Å². The summed E-state index contributed by atoms with van der Waals surface area (Å²) in [6.07, 6.45) is 0. The number of carbonyl (C=O) groups excluding carboxylic acids is 1. The smallest absolute Gasteiger partial charge is 0.257 e. The van der Waals surface area contributed by atoms with Crippen molar-refractivity contribution >= 4 is 17.5 Å². The molecule has 0 unspecified atom stereocenters. The van der Waals surface area contributed by atoms with Crippen LogP contribution in [-0.4, -0.2) is 37.0 Å². The quantitative estimate of drug-likeness (QED) is 0.937. The first-order chi connectivity index (χ1) is 11.3. The van der Waals surface area contributed by atoms with E-state index in [1.54, 1.807) is 0 Å². The number of para-hydroxylation sites is 1. The van der Waals surface area contributed by atoms with E-state index in [4.69, 9.17) is 16.3 Å². The van der Waals surface area contributed by atoms with Crippen LogP contribution in [0.25, 0.3) is 0 Å². The summed E-state index contributed by atoms with van der Waals surface area (Å²) in [6, 6.07) is 14.9. The van der Waals surface area contributed by atoms with Gasteiger partial charge in [0.15, 0.2) is 0 Å². The number of ether oxygens (including phenoxy) is 1. The van der Waals surface area contributed by atoms with E-state index in [0.717, 1.165) is 31.7 Å². The molecule has 5 heteroatoms. The first-order valence-corrected chi connectivity index (χ1v) is 8.09. The molecule has 2 aromatic carbocycles. The second kappa shape index (κ2) is 7.49. The van der Waals surface area contributed by atoms with Crippen molar-refractivity contribution in [3.8, 4) is 5.75 Å². The number of nitrogens with zero attached hydrogens (tertiary/aromatic N) is 1. The minimum absolute atomic E-state index is 0.0151. The van der Waals surface area contributed by atoms with E-state index >= 15 is 0 Å². The summed E-state index contributed by atoms with van der Waals surface area (Å²) in [6.45, 7) is 3.43. The van der Waals surface area contributed by atoms with Crippen LogP contribution in [-0.2, 0) is 6.61 Å². The van der Waals surface area contributed by atoms with Crippen molar-refractivity contribution in [2.75, 3.05) is 26.2 Å². The molecule has 0 spiro atoms. The van der Waals surface area contributed by atoms with Crippen molar-refractivity contribution in [1.29, 1.82) is 0 Å². The predicted octanol–water partition coefficient (Wildman–Crippen LogP) is 2.96. The van der Waals surface area contributed by atoms with Gasteiger partial charge in [0.2, 0.25) is 0 Å². The zero-order valence-corrected chi connectivity index (χ0v) is 13.6. The van der Waals surface area contributed by atoms with Gasteiger partial charge in [-0.2, -0.15) is 0 Å². The first-order valence-electron chi connectivity index (χ1n) is 7.71. The maximum Gasteiger partial charge on any atom is 0.257 e. The number of benzene rings is 2. The van der Waals surface area contributed by atoms with Crippen LogP contribution in [0, 0.1) is 0 Å². The molecule has 0 bridgehead atoms. The molecule has 1 fully saturated rings. The lowest BCUT2D eigenvalue weighted by Gasteiger charge is -2.28. The zero-order valence-electron chi connectivity index (χ0n) is 12.8. The van der Waals surface area contributed by atoms with Gasteiger partial charge in [0.05, 0.1) is 5.56 Å². The van der Waals surface area contributed by atoms with E-state index in [1.165, 1.54) is 0 Å². The molecule has 120 valence electrons. The first kappa shape index (κ1) is 15.8. The summed E-state index contributed by atoms with van der Waals surface area (Å²) < 4.78 is 5.87. The number of hydrogen-bond donors (Lipinski definition) is 1. The highest BCUT2D eigenvalue weighted by molar-refractivity contribution is 6.31. The van der Waals surface area contributed by atoms with E-state index in [9.17, 15) is 4.79 Å². The number of carbonyl (C=O) groups is 1. The fraction of sp³-hybridized carbons (Fsp3) is 0.278. The van der Waals surface area contributed by atoms with E-state index < -0.39 is 0 Å². The van der Waals surface area contributed by atoms with Crippen LogP contribution in [0.15, 0.2) is 48.5 Å². The van der Waals surface area contributed by atoms with Gasteiger partial charge in [-0.3, -0.25) is 4.79 Å². The number of hydrogen-bond acceptors (Lipinski definition) is 3. The Morgan fingerprint density at radius 2 is 1.78 bits per heavy atom. The highest BCUT2D eigenvalue weighted by Gasteiger charge is 2.21. The van der Waals surface area contributed by atoms with Crippen molar-refractivity contribution < 1.29 is 9.53 Å². The van der Waals surface area contributed by atoms with E-state index in [1.807, 2.05) is 53.4 Å². The van der Waals surface area contributed by atoms with Crippen LogP contribution < -0.4 is 10.1 Å². The third-order valence-corrected chi connectivity index (χ3v) is 4.23. The second-order valence-electron chi connectivity index (χ2n) is 5.42. The largest absolute Gasteiger partial charge is 0.488 e. The Morgan fingerprint density at radius 1 is 1.09 bits per heavy atom. The molecular weight excluding hydrogens is 312 g/mol. The predicted molar refractivity (Wildman–Crippen MR) is 91.0 cm³/mol. The van der Waals surface area contributed by atoms with Crippen molar-refractivity contribution in [3.05, 3.63) is 64.7 Å². The molecule has 0 aromatic heterocycles. The minimum Gasteiger partial charge on any atom is -0.488 e. The topological polar surface area (TPSA) is 41.6 Å². The summed E-state index contributed by atoms with van der Waals surface area (Å²) in [5.41, 5.74) is 1.50. The average molecular weight is 331 g/mol. The summed E-state index contributed by atoms with van der Waals surface area (Å²) >= 11 is 6.15. The standard InChI is InChI=1S/C18H19ClN2O2/c19-16-7-3-1-5-14(16)13-23-17-8-4-2-6-15(17)18(22)21-11-9-20-10-12-21/h1-8,20H,9-13H2. The van der Waals surface area contributed by atoms with Crippen molar-refractivity contribution in [1.82, 2.24) is 10.2 Å². The lowest BCUT2D eigenvalue weighted by molar-refractivity contribution is 0.0731. The van der Waals surface area contributed by atoms with Crippen LogP contribution in [0.2, 0.25) is 5.02 Å². The maximum absolute atomic E-state index is 12.7. The molecule has 4 nitrogen and oxygen atoms in total. The number of amides is 1.